The quantitative estimate of drug-likeness (QED) is 0.779. The molecule has 1 aliphatic heterocycles. The standard InChI is InChI=1S/C11H15N5O3S/c1-20(18)8-2-9(19-7(8)4-17)16-5-14-6-3-13-11(12)15-10(6)16/h3,5,7-9,17H,2,4H2,1H3,(H2,12,13,15)/t7-,8+,9-,20?/m1/s1. The number of ether oxygens (including phenoxy) is 1. The molecule has 1 aliphatic rings. The first kappa shape index (κ1) is 13.4. The number of nitrogen functional groups attached to an aromatic ring is 1. The monoisotopic (exact) mass is 297 g/mol. The number of hydrogen-bond acceptors (Lipinski definition) is 7. The molecule has 4 atom stereocenters. The van der Waals surface area contributed by atoms with Crippen LogP contribution in [0.25, 0.3) is 11.2 Å². The fourth-order valence-electron chi connectivity index (χ4n) is 2.44. The molecule has 3 rings (SSSR count). The highest BCUT2D eigenvalue weighted by Gasteiger charge is 2.38. The van der Waals surface area contributed by atoms with Crippen molar-refractivity contribution < 1.29 is 14.1 Å². The summed E-state index contributed by atoms with van der Waals surface area (Å²) in [6, 6.07) is 0. The van der Waals surface area contributed by atoms with Gasteiger partial charge in [0.2, 0.25) is 5.95 Å². The third kappa shape index (κ3) is 2.17. The summed E-state index contributed by atoms with van der Waals surface area (Å²) in [4.78, 5) is 12.2. The summed E-state index contributed by atoms with van der Waals surface area (Å²) in [5.74, 6) is 0.159. The van der Waals surface area contributed by atoms with Gasteiger partial charge in [-0.3, -0.25) is 8.78 Å². The minimum atomic E-state index is -1.07. The van der Waals surface area contributed by atoms with E-state index in [1.165, 1.54) is 0 Å². The van der Waals surface area contributed by atoms with Gasteiger partial charge in [-0.1, -0.05) is 0 Å². The van der Waals surface area contributed by atoms with Gasteiger partial charge in [0.25, 0.3) is 0 Å². The summed E-state index contributed by atoms with van der Waals surface area (Å²) in [6.45, 7) is -0.162. The second kappa shape index (κ2) is 5.08. The van der Waals surface area contributed by atoms with Gasteiger partial charge in [0, 0.05) is 23.5 Å². The largest absolute Gasteiger partial charge is 0.394 e. The molecule has 1 unspecified atom stereocenters. The van der Waals surface area contributed by atoms with E-state index in [0.29, 0.717) is 17.6 Å². The van der Waals surface area contributed by atoms with E-state index in [9.17, 15) is 9.32 Å². The maximum absolute atomic E-state index is 11.7. The lowest BCUT2D eigenvalue weighted by atomic mass is 10.2. The fraction of sp³-hybridized carbons (Fsp3) is 0.545. The molecule has 9 heteroatoms. The van der Waals surface area contributed by atoms with Crippen LogP contribution in [0.5, 0.6) is 0 Å². The first-order valence-electron chi connectivity index (χ1n) is 6.13. The van der Waals surface area contributed by atoms with Gasteiger partial charge in [0.1, 0.15) is 11.7 Å². The zero-order valence-corrected chi connectivity index (χ0v) is 11.7. The Hall–Kier alpha value is -1.58. The minimum absolute atomic E-state index is 0.159. The Morgan fingerprint density at radius 2 is 2.40 bits per heavy atom. The fourth-order valence-corrected chi connectivity index (χ4v) is 3.45. The third-order valence-electron chi connectivity index (χ3n) is 3.43. The van der Waals surface area contributed by atoms with Gasteiger partial charge in [-0.15, -0.1) is 0 Å². The first-order valence-corrected chi connectivity index (χ1v) is 7.76. The average Bonchev–Trinajstić information content (AvgIpc) is 3.00. The van der Waals surface area contributed by atoms with Crippen molar-refractivity contribution in [3.63, 3.8) is 0 Å². The molecule has 0 aromatic carbocycles. The number of anilines is 1. The number of nitrogens with two attached hydrogens (primary N) is 1. The van der Waals surface area contributed by atoms with Crippen molar-refractivity contribution in [2.24, 2.45) is 0 Å². The maximum Gasteiger partial charge on any atom is 0.222 e. The Labute approximate surface area is 117 Å². The van der Waals surface area contributed by atoms with E-state index in [4.69, 9.17) is 10.5 Å². The van der Waals surface area contributed by atoms with E-state index in [-0.39, 0.29) is 24.0 Å². The smallest absolute Gasteiger partial charge is 0.222 e. The lowest BCUT2D eigenvalue weighted by Gasteiger charge is -2.14. The number of imidazole rings is 1. The van der Waals surface area contributed by atoms with Crippen LogP contribution in [0, 0.1) is 0 Å². The van der Waals surface area contributed by atoms with Gasteiger partial charge in [-0.25, -0.2) is 9.97 Å². The Bertz CT molecular complexity index is 661. The van der Waals surface area contributed by atoms with Crippen molar-refractivity contribution in [2.45, 2.75) is 24.0 Å². The molecule has 1 fully saturated rings. The van der Waals surface area contributed by atoms with Gasteiger partial charge in [-0.2, -0.15) is 4.98 Å². The van der Waals surface area contributed by atoms with Crippen LogP contribution >= 0.6 is 0 Å². The number of aliphatic hydroxyl groups is 1. The molecule has 0 bridgehead atoms. The molecule has 0 amide bonds. The molecule has 0 radical (unpaired) electrons. The number of aromatic nitrogens is 4. The van der Waals surface area contributed by atoms with Gasteiger partial charge < -0.3 is 15.6 Å². The summed E-state index contributed by atoms with van der Waals surface area (Å²) in [6.07, 6.45) is 4.48. The molecule has 0 saturated carbocycles. The Balaban J connectivity index is 1.96. The van der Waals surface area contributed by atoms with Gasteiger partial charge in [-0.05, 0) is 0 Å². The summed E-state index contributed by atoms with van der Waals surface area (Å²) >= 11 is 0. The Morgan fingerprint density at radius 1 is 1.60 bits per heavy atom. The topological polar surface area (TPSA) is 116 Å². The molecular weight excluding hydrogens is 282 g/mol. The van der Waals surface area contributed by atoms with Gasteiger partial charge in [0.15, 0.2) is 5.65 Å². The second-order valence-electron chi connectivity index (χ2n) is 4.67. The summed E-state index contributed by atoms with van der Waals surface area (Å²) in [5.41, 5.74) is 6.77. The van der Waals surface area contributed by atoms with Crippen LogP contribution in [0.4, 0.5) is 5.95 Å². The zero-order valence-electron chi connectivity index (χ0n) is 10.8. The molecular formula is C11H15N5O3S. The minimum Gasteiger partial charge on any atom is -0.394 e. The van der Waals surface area contributed by atoms with Gasteiger partial charge >= 0.3 is 0 Å². The summed E-state index contributed by atoms with van der Waals surface area (Å²) < 4.78 is 19.2. The van der Waals surface area contributed by atoms with Crippen LogP contribution < -0.4 is 5.73 Å². The number of rotatable bonds is 3. The highest BCUT2D eigenvalue weighted by Crippen LogP contribution is 2.33. The molecule has 2 aromatic rings. The van der Waals surface area contributed by atoms with E-state index in [1.54, 1.807) is 23.3 Å². The number of fused-ring (bicyclic) bond motifs is 1. The molecule has 20 heavy (non-hydrogen) atoms. The van der Waals surface area contributed by atoms with Crippen molar-refractivity contribution in [1.29, 1.82) is 0 Å². The maximum atomic E-state index is 11.7. The van der Waals surface area contributed by atoms with E-state index < -0.39 is 16.9 Å². The average molecular weight is 297 g/mol. The lowest BCUT2D eigenvalue weighted by Crippen LogP contribution is -2.28. The Kier molecular flexibility index (Phi) is 3.40. The van der Waals surface area contributed by atoms with E-state index >= 15 is 0 Å². The molecule has 8 nitrogen and oxygen atoms in total. The number of nitrogens with zero attached hydrogens (tertiary/aromatic N) is 4. The summed E-state index contributed by atoms with van der Waals surface area (Å²) in [5, 5.41) is 9.12. The van der Waals surface area contributed by atoms with Crippen molar-refractivity contribution in [3.8, 4) is 0 Å². The zero-order chi connectivity index (χ0) is 14.3. The SMILES string of the molecule is CS(=O)[C@H]1C[C@H](n2cnc3cnc(N)nc32)O[C@@H]1CO. The molecule has 2 aromatic heterocycles. The van der Waals surface area contributed by atoms with E-state index in [2.05, 4.69) is 15.0 Å². The third-order valence-corrected chi connectivity index (χ3v) is 4.78. The van der Waals surface area contributed by atoms with Crippen LogP contribution in [0.1, 0.15) is 12.6 Å². The van der Waals surface area contributed by atoms with Crippen molar-refractivity contribution >= 4 is 27.9 Å². The highest BCUT2D eigenvalue weighted by atomic mass is 32.2. The van der Waals surface area contributed by atoms with Crippen molar-refractivity contribution in [1.82, 2.24) is 19.5 Å². The van der Waals surface area contributed by atoms with E-state index in [0.717, 1.165) is 0 Å². The van der Waals surface area contributed by atoms with Crippen molar-refractivity contribution in [3.05, 3.63) is 12.5 Å². The first-order chi connectivity index (χ1) is 9.60. The molecule has 1 saturated heterocycles. The molecule has 0 spiro atoms. The second-order valence-corrected chi connectivity index (χ2v) is 6.28. The normalized spacial score (nSPS) is 28.0. The molecule has 3 N–H and O–H groups in total. The van der Waals surface area contributed by atoms with Crippen molar-refractivity contribution in [2.75, 3.05) is 18.6 Å². The number of aliphatic hydroxyl groups excluding tert-OH is 1. The summed E-state index contributed by atoms with van der Waals surface area (Å²) in [7, 11) is -1.07. The molecule has 3 heterocycles. The van der Waals surface area contributed by atoms with Crippen LogP contribution in [0.3, 0.4) is 0 Å². The molecule has 0 aliphatic carbocycles. The van der Waals surface area contributed by atoms with E-state index in [1.807, 2.05) is 0 Å². The molecule has 108 valence electrons. The Morgan fingerprint density at radius 3 is 3.05 bits per heavy atom. The van der Waals surface area contributed by atoms with Crippen LogP contribution in [-0.2, 0) is 15.5 Å². The predicted octanol–water partition coefficient (Wildman–Crippen LogP) is -0.565. The van der Waals surface area contributed by atoms with Crippen LogP contribution in [0.2, 0.25) is 0 Å². The highest BCUT2D eigenvalue weighted by molar-refractivity contribution is 7.85. The predicted molar refractivity (Wildman–Crippen MR) is 73.2 cm³/mol. The lowest BCUT2D eigenvalue weighted by molar-refractivity contribution is -0.0199. The van der Waals surface area contributed by atoms with Gasteiger partial charge in [0.05, 0.1) is 30.5 Å². The van der Waals surface area contributed by atoms with Crippen LogP contribution in [-0.4, -0.2) is 53.1 Å². The number of hydrogen-bond donors (Lipinski definition) is 2. The van der Waals surface area contributed by atoms with Crippen LogP contribution in [0.15, 0.2) is 12.5 Å².